The molecule has 0 atom stereocenters. The molecule has 0 radical (unpaired) electrons. The third-order valence-corrected chi connectivity index (χ3v) is 2.26. The van der Waals surface area contributed by atoms with E-state index in [4.69, 9.17) is 5.26 Å². The van der Waals surface area contributed by atoms with Crippen LogP contribution in [0.25, 0.3) is 0 Å². The molecule has 0 fully saturated rings. The van der Waals surface area contributed by atoms with E-state index in [1.54, 1.807) is 24.6 Å². The quantitative estimate of drug-likeness (QED) is 0.344. The number of nitriles is 1. The van der Waals surface area contributed by atoms with Crippen molar-refractivity contribution in [1.29, 1.82) is 5.26 Å². The number of nitrogens with zero attached hydrogens (tertiary/aromatic N) is 2. The molecule has 0 heterocycles. The molecule has 1 aromatic rings. The van der Waals surface area contributed by atoms with Crippen molar-refractivity contribution in [2.75, 3.05) is 6.26 Å². The molecule has 5 heteroatoms. The number of rotatable bonds is 1. The average Bonchev–Trinajstić information content (AvgIpc) is 2.22. The Bertz CT molecular complexity index is 423. The van der Waals surface area contributed by atoms with Gasteiger partial charge >= 0.3 is 0 Å². The number of thioether (sulfide) groups is 1. The van der Waals surface area contributed by atoms with Gasteiger partial charge in [0.05, 0.1) is 0 Å². The lowest BCUT2D eigenvalue weighted by atomic mass is 10.2. The third kappa shape index (κ3) is 3.26. The van der Waals surface area contributed by atoms with Crippen LogP contribution < -0.4 is 5.32 Å². The fourth-order valence-corrected chi connectivity index (χ4v) is 1.33. The van der Waals surface area contributed by atoms with E-state index in [1.165, 1.54) is 17.8 Å². The minimum Gasteiger partial charge on any atom is -0.271 e. The fourth-order valence-electron chi connectivity index (χ4n) is 0.990. The summed E-state index contributed by atoms with van der Waals surface area (Å²) < 4.78 is 13.3. The van der Waals surface area contributed by atoms with Gasteiger partial charge in [0.1, 0.15) is 11.5 Å². The maximum absolute atomic E-state index is 13.3. The van der Waals surface area contributed by atoms with Gasteiger partial charge in [-0.3, -0.25) is 5.32 Å². The number of hydrogen-bond donors (Lipinski definition) is 1. The summed E-state index contributed by atoms with van der Waals surface area (Å²) in [6.45, 7) is 1.86. The highest BCUT2D eigenvalue weighted by Crippen LogP contribution is 2.20. The molecule has 0 spiro atoms. The molecule has 1 N–H and O–H groups in total. The topological polar surface area (TPSA) is 48.2 Å². The van der Waals surface area contributed by atoms with Gasteiger partial charge in [0.2, 0.25) is 0 Å². The summed E-state index contributed by atoms with van der Waals surface area (Å²) in [7, 11) is 0. The predicted molar refractivity (Wildman–Crippen MR) is 60.5 cm³/mol. The Balaban J connectivity index is 3.05. The number of aliphatic imine (C=N–C) groups is 1. The highest BCUT2D eigenvalue weighted by atomic mass is 32.2. The van der Waals surface area contributed by atoms with Gasteiger partial charge in [-0.15, -0.1) is 0 Å². The SMILES string of the molecule is CSC(=Nc1cc(C)ccc1F)NC#N. The van der Waals surface area contributed by atoms with Crippen molar-refractivity contribution in [3.05, 3.63) is 29.6 Å². The lowest BCUT2D eigenvalue weighted by Crippen LogP contribution is -2.12. The van der Waals surface area contributed by atoms with E-state index >= 15 is 0 Å². The molecule has 0 saturated heterocycles. The van der Waals surface area contributed by atoms with Crippen molar-refractivity contribution in [2.24, 2.45) is 4.99 Å². The second-order valence-corrected chi connectivity index (χ2v) is 3.61. The zero-order valence-electron chi connectivity index (χ0n) is 8.41. The highest BCUT2D eigenvalue weighted by Gasteiger charge is 2.02. The second-order valence-electron chi connectivity index (χ2n) is 2.81. The molecule has 0 aliphatic rings. The first kappa shape index (κ1) is 11.5. The molecule has 1 rings (SSSR count). The van der Waals surface area contributed by atoms with Crippen molar-refractivity contribution in [1.82, 2.24) is 5.32 Å². The van der Waals surface area contributed by atoms with Crippen LogP contribution in [0.15, 0.2) is 23.2 Å². The van der Waals surface area contributed by atoms with E-state index in [2.05, 4.69) is 10.3 Å². The van der Waals surface area contributed by atoms with E-state index in [1.807, 2.05) is 6.92 Å². The molecule has 15 heavy (non-hydrogen) atoms. The number of benzene rings is 1. The lowest BCUT2D eigenvalue weighted by molar-refractivity contribution is 0.629. The number of hydrogen-bond acceptors (Lipinski definition) is 3. The van der Waals surface area contributed by atoms with Gasteiger partial charge in [0.25, 0.3) is 0 Å². The lowest BCUT2D eigenvalue weighted by Gasteiger charge is -2.01. The summed E-state index contributed by atoms with van der Waals surface area (Å²) in [4.78, 5) is 4.00. The number of amidine groups is 1. The van der Waals surface area contributed by atoms with Crippen LogP contribution >= 0.6 is 11.8 Å². The molecule has 0 amide bonds. The van der Waals surface area contributed by atoms with Crippen LogP contribution in [0.5, 0.6) is 0 Å². The van der Waals surface area contributed by atoms with Gasteiger partial charge < -0.3 is 0 Å². The van der Waals surface area contributed by atoms with Crippen molar-refractivity contribution < 1.29 is 4.39 Å². The summed E-state index contributed by atoms with van der Waals surface area (Å²) in [5.41, 5.74) is 1.16. The van der Waals surface area contributed by atoms with Gasteiger partial charge in [0.15, 0.2) is 11.4 Å². The molecule has 0 saturated carbocycles. The molecule has 0 unspecified atom stereocenters. The van der Waals surface area contributed by atoms with Crippen molar-refractivity contribution in [3.63, 3.8) is 0 Å². The largest absolute Gasteiger partial charge is 0.271 e. The van der Waals surface area contributed by atoms with Gasteiger partial charge in [-0.05, 0) is 30.9 Å². The molecule has 1 aromatic carbocycles. The summed E-state index contributed by atoms with van der Waals surface area (Å²) in [6, 6.07) is 4.66. The molecule has 3 nitrogen and oxygen atoms in total. The van der Waals surface area contributed by atoms with E-state index in [0.717, 1.165) is 5.56 Å². The Morgan fingerprint density at radius 1 is 1.60 bits per heavy atom. The summed E-state index contributed by atoms with van der Waals surface area (Å²) in [6.07, 6.45) is 3.51. The molecular formula is C10H10FN3S. The van der Waals surface area contributed by atoms with Gasteiger partial charge in [0, 0.05) is 0 Å². The van der Waals surface area contributed by atoms with Gasteiger partial charge in [-0.2, -0.15) is 5.26 Å². The molecule has 0 aliphatic heterocycles. The standard InChI is InChI=1S/C10H10FN3S/c1-7-3-4-8(11)9(5-7)14-10(15-2)13-6-12/h3-5H,1-2H3,(H,13,14). The van der Waals surface area contributed by atoms with Crippen molar-refractivity contribution >= 4 is 22.6 Å². The van der Waals surface area contributed by atoms with Gasteiger partial charge in [-0.1, -0.05) is 17.8 Å². The summed E-state index contributed by atoms with van der Waals surface area (Å²) in [5.74, 6) is -0.396. The first-order chi connectivity index (χ1) is 7.17. The average molecular weight is 223 g/mol. The Hall–Kier alpha value is -1.54. The van der Waals surface area contributed by atoms with Crippen LogP contribution in [0.3, 0.4) is 0 Å². The van der Waals surface area contributed by atoms with Gasteiger partial charge in [-0.25, -0.2) is 9.38 Å². The van der Waals surface area contributed by atoms with Crippen LogP contribution in [0.1, 0.15) is 5.56 Å². The number of aryl methyl sites for hydroxylation is 1. The van der Waals surface area contributed by atoms with E-state index in [9.17, 15) is 4.39 Å². The fraction of sp³-hybridized carbons (Fsp3) is 0.200. The third-order valence-electron chi connectivity index (χ3n) is 1.68. The summed E-state index contributed by atoms with van der Waals surface area (Å²) in [5, 5.41) is 11.2. The Morgan fingerprint density at radius 2 is 2.33 bits per heavy atom. The molecule has 0 aromatic heterocycles. The normalized spacial score (nSPS) is 10.9. The van der Waals surface area contributed by atoms with Crippen LogP contribution in [0.2, 0.25) is 0 Å². The van der Waals surface area contributed by atoms with E-state index < -0.39 is 5.82 Å². The maximum atomic E-state index is 13.3. The predicted octanol–water partition coefficient (Wildman–Crippen LogP) is 2.56. The second kappa shape index (κ2) is 5.37. The maximum Gasteiger partial charge on any atom is 0.183 e. The summed E-state index contributed by atoms with van der Waals surface area (Å²) >= 11 is 1.25. The minimum absolute atomic E-state index is 0.238. The number of halogens is 1. The van der Waals surface area contributed by atoms with Crippen LogP contribution in [0.4, 0.5) is 10.1 Å². The van der Waals surface area contributed by atoms with Crippen molar-refractivity contribution in [2.45, 2.75) is 6.92 Å². The highest BCUT2D eigenvalue weighted by molar-refractivity contribution is 8.13. The van der Waals surface area contributed by atoms with Crippen molar-refractivity contribution in [3.8, 4) is 6.19 Å². The number of nitrogens with one attached hydrogen (secondary N) is 1. The smallest absolute Gasteiger partial charge is 0.183 e. The first-order valence-electron chi connectivity index (χ1n) is 4.21. The first-order valence-corrected chi connectivity index (χ1v) is 5.43. The monoisotopic (exact) mass is 223 g/mol. The molecule has 0 bridgehead atoms. The molecule has 0 aliphatic carbocycles. The van der Waals surface area contributed by atoms with Crippen LogP contribution in [0, 0.1) is 24.2 Å². The van der Waals surface area contributed by atoms with E-state index in [-0.39, 0.29) is 5.69 Å². The zero-order valence-corrected chi connectivity index (χ0v) is 9.23. The molecule has 78 valence electrons. The van der Waals surface area contributed by atoms with E-state index in [0.29, 0.717) is 5.17 Å². The van der Waals surface area contributed by atoms with Crippen LogP contribution in [-0.2, 0) is 0 Å². The minimum atomic E-state index is -0.396. The Labute approximate surface area is 92.0 Å². The molecular weight excluding hydrogens is 213 g/mol. The Morgan fingerprint density at radius 3 is 2.93 bits per heavy atom. The van der Waals surface area contributed by atoms with Crippen LogP contribution in [-0.4, -0.2) is 11.4 Å². The zero-order chi connectivity index (χ0) is 11.3. The Kier molecular flexibility index (Phi) is 4.13.